The molecule has 6 heteroatoms. The van der Waals surface area contributed by atoms with Gasteiger partial charge in [0.1, 0.15) is 13.2 Å². The van der Waals surface area contributed by atoms with Gasteiger partial charge in [0.05, 0.1) is 0 Å². The van der Waals surface area contributed by atoms with Crippen molar-refractivity contribution in [3.8, 4) is 0 Å². The van der Waals surface area contributed by atoms with Gasteiger partial charge in [-0.05, 0) is 109 Å². The van der Waals surface area contributed by atoms with E-state index in [4.69, 9.17) is 14.2 Å². The second-order valence-corrected chi connectivity index (χ2v) is 16.1. The van der Waals surface area contributed by atoms with Gasteiger partial charge in [0.25, 0.3) is 0 Å². The number of carbonyl (C=O) groups is 3. The summed E-state index contributed by atoms with van der Waals surface area (Å²) >= 11 is 0. The van der Waals surface area contributed by atoms with Crippen molar-refractivity contribution in [2.24, 2.45) is 0 Å². The van der Waals surface area contributed by atoms with E-state index in [0.29, 0.717) is 19.3 Å². The van der Waals surface area contributed by atoms with E-state index in [1.165, 1.54) is 32.1 Å². The molecule has 1 unspecified atom stereocenters. The fraction of sp³-hybridized carbons (Fsp3) is 0.569. The quantitative estimate of drug-likeness (QED) is 0.0200. The lowest BCUT2D eigenvalue weighted by atomic mass is 10.1. The normalized spacial score (nSPS) is 13.2. The van der Waals surface area contributed by atoms with Gasteiger partial charge in [-0.2, -0.15) is 0 Å². The van der Waals surface area contributed by atoms with Crippen LogP contribution < -0.4 is 0 Å². The van der Waals surface area contributed by atoms with E-state index in [2.05, 4.69) is 106 Å². The second-order valence-electron chi connectivity index (χ2n) is 16.1. The van der Waals surface area contributed by atoms with E-state index >= 15 is 0 Å². The number of hydrogen-bond acceptors (Lipinski definition) is 6. The Labute approximate surface area is 392 Å². The first kappa shape index (κ1) is 59.6. The van der Waals surface area contributed by atoms with Crippen LogP contribution in [0.1, 0.15) is 194 Å². The first-order valence-corrected chi connectivity index (χ1v) is 25.3. The van der Waals surface area contributed by atoms with E-state index in [-0.39, 0.29) is 37.5 Å². The maximum absolute atomic E-state index is 12.8. The highest BCUT2D eigenvalue weighted by molar-refractivity contribution is 5.71. The van der Waals surface area contributed by atoms with Gasteiger partial charge in [-0.15, -0.1) is 0 Å². The smallest absolute Gasteiger partial charge is 0.306 e. The predicted octanol–water partition coefficient (Wildman–Crippen LogP) is 16.7. The Hall–Kier alpha value is -4.45. The van der Waals surface area contributed by atoms with Crippen molar-refractivity contribution in [1.82, 2.24) is 0 Å². The van der Waals surface area contributed by atoms with Crippen LogP contribution >= 0.6 is 0 Å². The van der Waals surface area contributed by atoms with Crippen LogP contribution in [0.4, 0.5) is 0 Å². The number of allylic oxidation sites excluding steroid dienone is 22. The van der Waals surface area contributed by atoms with Crippen LogP contribution in [0, 0.1) is 0 Å². The molecule has 0 spiro atoms. The summed E-state index contributed by atoms with van der Waals surface area (Å²) in [5.41, 5.74) is 0. The van der Waals surface area contributed by atoms with Gasteiger partial charge in [-0.3, -0.25) is 14.4 Å². The summed E-state index contributed by atoms with van der Waals surface area (Å²) in [6.45, 7) is 6.26. The van der Waals surface area contributed by atoms with Gasteiger partial charge in [0.2, 0.25) is 0 Å². The molecule has 0 saturated heterocycles. The van der Waals surface area contributed by atoms with Crippen molar-refractivity contribution in [1.29, 1.82) is 0 Å². The van der Waals surface area contributed by atoms with E-state index in [1.54, 1.807) is 0 Å². The van der Waals surface area contributed by atoms with Crippen LogP contribution in [0.5, 0.6) is 0 Å². The lowest BCUT2D eigenvalue weighted by Crippen LogP contribution is -2.30. The molecule has 0 N–H and O–H groups in total. The van der Waals surface area contributed by atoms with Crippen LogP contribution in [0.15, 0.2) is 134 Å². The van der Waals surface area contributed by atoms with Crippen molar-refractivity contribution in [2.75, 3.05) is 13.2 Å². The monoisotopic (exact) mass is 883 g/mol. The average Bonchev–Trinajstić information content (AvgIpc) is 3.29. The van der Waals surface area contributed by atoms with Gasteiger partial charge in [0.15, 0.2) is 6.10 Å². The van der Waals surface area contributed by atoms with Crippen molar-refractivity contribution in [2.45, 2.75) is 200 Å². The molecule has 64 heavy (non-hydrogen) atoms. The van der Waals surface area contributed by atoms with Gasteiger partial charge >= 0.3 is 17.9 Å². The minimum Gasteiger partial charge on any atom is -0.462 e. The van der Waals surface area contributed by atoms with Crippen LogP contribution in [-0.2, 0) is 28.6 Å². The molecule has 0 aromatic heterocycles. The molecule has 0 aliphatic rings. The van der Waals surface area contributed by atoms with Crippen LogP contribution in [0.25, 0.3) is 0 Å². The Balaban J connectivity index is 4.55. The molecule has 1 atom stereocenters. The third-order valence-corrected chi connectivity index (χ3v) is 10.00. The first-order chi connectivity index (χ1) is 31.5. The summed E-state index contributed by atoms with van der Waals surface area (Å²) < 4.78 is 16.7. The number of esters is 3. The van der Waals surface area contributed by atoms with Crippen LogP contribution in [-0.4, -0.2) is 37.2 Å². The third-order valence-electron chi connectivity index (χ3n) is 10.00. The molecule has 0 fully saturated rings. The predicted molar refractivity (Wildman–Crippen MR) is 274 cm³/mol. The summed E-state index contributed by atoms with van der Waals surface area (Å²) in [5.74, 6) is -1.01. The molecule has 0 radical (unpaired) electrons. The van der Waals surface area contributed by atoms with Gasteiger partial charge < -0.3 is 14.2 Å². The summed E-state index contributed by atoms with van der Waals surface area (Å²) in [4.78, 5) is 37.9. The zero-order valence-corrected chi connectivity index (χ0v) is 40.7. The molecule has 358 valence electrons. The van der Waals surface area contributed by atoms with E-state index in [1.807, 2.05) is 48.6 Å². The molecule has 0 rings (SSSR count). The SMILES string of the molecule is CC\C=C/C=C\C=C/C=C\C=C/CCCCCC(=O)OC(COC(=O)CCCCC/C=C\C/C=C\C/C=C\C/C=C\C/C=C\CC)COC(=O)CCCCCCC/C=C\CCCCC. The number of unbranched alkanes of at least 4 members (excludes halogenated alkanes) is 14. The Morgan fingerprint density at radius 2 is 0.688 bits per heavy atom. The third kappa shape index (κ3) is 48.6. The molecule has 0 heterocycles. The van der Waals surface area contributed by atoms with E-state index in [0.717, 1.165) is 116 Å². The highest BCUT2D eigenvalue weighted by atomic mass is 16.6. The van der Waals surface area contributed by atoms with E-state index < -0.39 is 6.10 Å². The summed E-state index contributed by atoms with van der Waals surface area (Å²) in [5, 5.41) is 0. The van der Waals surface area contributed by atoms with Gasteiger partial charge in [-0.25, -0.2) is 0 Å². The summed E-state index contributed by atoms with van der Waals surface area (Å²) in [6, 6.07) is 0. The Kier molecular flexibility index (Phi) is 47.6. The maximum Gasteiger partial charge on any atom is 0.306 e. The molecule has 0 bridgehead atoms. The van der Waals surface area contributed by atoms with Gasteiger partial charge in [0, 0.05) is 19.3 Å². The zero-order chi connectivity index (χ0) is 46.5. The summed E-state index contributed by atoms with van der Waals surface area (Å²) in [6.07, 6.45) is 71.4. The lowest BCUT2D eigenvalue weighted by molar-refractivity contribution is -0.167. The van der Waals surface area contributed by atoms with Gasteiger partial charge in [-0.1, -0.05) is 199 Å². The van der Waals surface area contributed by atoms with Crippen molar-refractivity contribution in [3.63, 3.8) is 0 Å². The Morgan fingerprint density at radius 3 is 1.17 bits per heavy atom. The minimum atomic E-state index is -0.821. The summed E-state index contributed by atoms with van der Waals surface area (Å²) in [7, 11) is 0. The fourth-order valence-electron chi connectivity index (χ4n) is 6.25. The second kappa shape index (κ2) is 51.2. The number of hydrogen-bond donors (Lipinski definition) is 0. The molecule has 0 aromatic carbocycles. The van der Waals surface area contributed by atoms with Crippen molar-refractivity contribution < 1.29 is 28.6 Å². The molecular weight excluding hydrogens is 793 g/mol. The average molecular weight is 883 g/mol. The lowest BCUT2D eigenvalue weighted by Gasteiger charge is -2.18. The molecule has 0 saturated carbocycles. The number of rotatable bonds is 43. The number of ether oxygens (including phenoxy) is 3. The molecule has 0 aliphatic carbocycles. The fourth-order valence-corrected chi connectivity index (χ4v) is 6.25. The molecular formula is C58H90O6. The standard InChI is InChI=1S/C58H90O6/c1-4-7-10-13-16-19-22-25-27-28-29-30-32-33-36-39-42-45-48-51-57(60)63-54-55(53-62-56(59)50-47-44-41-38-35-24-21-18-15-12-9-6-3)64-58(61)52-49-46-43-40-37-34-31-26-23-20-17-14-11-8-5-2/h7-8,10-11,14,16-21,23,25-27,29-31,33-34,36-37,55H,4-6,9,12-13,15,22,24,28,32,35,38-54H2,1-3H3/b10-7-,11-8-,17-14-,19-16-,21-18-,23-20-,27-25-,30-29-,31-26-,36-33-,37-34-. The molecule has 6 nitrogen and oxygen atoms in total. The maximum atomic E-state index is 12.8. The Bertz CT molecular complexity index is 1430. The molecule has 0 aromatic rings. The van der Waals surface area contributed by atoms with Crippen LogP contribution in [0.2, 0.25) is 0 Å². The molecule has 0 aliphatic heterocycles. The van der Waals surface area contributed by atoms with Crippen molar-refractivity contribution >= 4 is 17.9 Å². The highest BCUT2D eigenvalue weighted by Gasteiger charge is 2.19. The largest absolute Gasteiger partial charge is 0.462 e. The first-order valence-electron chi connectivity index (χ1n) is 25.3. The number of carbonyl (C=O) groups excluding carboxylic acids is 3. The van der Waals surface area contributed by atoms with Crippen LogP contribution in [0.3, 0.4) is 0 Å². The van der Waals surface area contributed by atoms with Crippen molar-refractivity contribution in [3.05, 3.63) is 134 Å². The Morgan fingerprint density at radius 1 is 0.344 bits per heavy atom. The van der Waals surface area contributed by atoms with E-state index in [9.17, 15) is 14.4 Å². The molecule has 0 amide bonds. The zero-order valence-electron chi connectivity index (χ0n) is 40.7. The highest BCUT2D eigenvalue weighted by Crippen LogP contribution is 2.12. The topological polar surface area (TPSA) is 78.9 Å². The minimum absolute atomic E-state index is 0.116.